The topological polar surface area (TPSA) is 37.3 Å². The molecule has 0 heterocycles. The SMILES string of the molecule is O=C(O)c1ccccc1.[H-].[Na+].[Zn]. The van der Waals surface area contributed by atoms with E-state index in [0.29, 0.717) is 5.56 Å². The molecule has 0 aliphatic heterocycles. The minimum absolute atomic E-state index is 0. The van der Waals surface area contributed by atoms with Gasteiger partial charge in [0.25, 0.3) is 0 Å². The Kier molecular flexibility index (Phi) is 8.81. The molecule has 0 aliphatic carbocycles. The number of aromatic carboxylic acids is 1. The molecule has 1 N–H and O–H groups in total. The van der Waals surface area contributed by atoms with Crippen LogP contribution in [0.4, 0.5) is 0 Å². The van der Waals surface area contributed by atoms with Gasteiger partial charge < -0.3 is 6.53 Å². The largest absolute Gasteiger partial charge is 1.00 e. The van der Waals surface area contributed by atoms with Crippen LogP contribution >= 0.6 is 0 Å². The molecule has 0 aliphatic rings. The van der Waals surface area contributed by atoms with Gasteiger partial charge in [-0.2, -0.15) is 0 Å². The molecule has 0 saturated heterocycles. The average Bonchev–Trinajstić information content (AvgIpc) is 1.90. The number of benzene rings is 1. The molecule has 0 unspecified atom stereocenters. The van der Waals surface area contributed by atoms with Crippen LogP contribution in [0.25, 0.3) is 0 Å². The standard InChI is InChI=1S/C7H6O2.Na.Zn.H/c8-7(9)6-4-2-1-3-5-6;;;/h1-5H,(H,8,9);;;/q;+1;;-1. The van der Waals surface area contributed by atoms with Crippen molar-refractivity contribution in [3.63, 3.8) is 0 Å². The molecule has 0 radical (unpaired) electrons. The second-order valence-corrected chi connectivity index (χ2v) is 1.67. The predicted octanol–water partition coefficient (Wildman–Crippen LogP) is -1.50. The summed E-state index contributed by atoms with van der Waals surface area (Å²) in [5, 5.41) is 8.38. The summed E-state index contributed by atoms with van der Waals surface area (Å²) in [6.07, 6.45) is 0. The summed E-state index contributed by atoms with van der Waals surface area (Å²) in [4.78, 5) is 10.2. The van der Waals surface area contributed by atoms with Crippen molar-refractivity contribution in [1.82, 2.24) is 0 Å². The summed E-state index contributed by atoms with van der Waals surface area (Å²) in [5.74, 6) is -0.879. The molecule has 4 heteroatoms. The first-order chi connectivity index (χ1) is 4.30. The van der Waals surface area contributed by atoms with Gasteiger partial charge in [-0.3, -0.25) is 0 Å². The van der Waals surface area contributed by atoms with Crippen molar-refractivity contribution in [2.45, 2.75) is 0 Å². The van der Waals surface area contributed by atoms with Gasteiger partial charge >= 0.3 is 35.5 Å². The molecular weight excluding hydrogens is 204 g/mol. The van der Waals surface area contributed by atoms with E-state index in [1.165, 1.54) is 0 Å². The first-order valence-electron chi connectivity index (χ1n) is 2.59. The molecule has 2 nitrogen and oxygen atoms in total. The van der Waals surface area contributed by atoms with Gasteiger partial charge in [-0.15, -0.1) is 0 Å². The van der Waals surface area contributed by atoms with Gasteiger partial charge in [0.1, 0.15) is 0 Å². The first kappa shape index (κ1) is 13.9. The van der Waals surface area contributed by atoms with Crippen LogP contribution in [-0.2, 0) is 19.5 Å². The molecular formula is C7H7NaO2Zn. The smallest absolute Gasteiger partial charge is 1.00 e. The fourth-order valence-corrected chi connectivity index (χ4v) is 0.581. The molecule has 1 rings (SSSR count). The third kappa shape index (κ3) is 4.70. The zero-order valence-corrected chi connectivity index (χ0v) is 11.4. The van der Waals surface area contributed by atoms with Crippen LogP contribution in [-0.4, -0.2) is 11.1 Å². The summed E-state index contributed by atoms with van der Waals surface area (Å²) in [7, 11) is 0. The van der Waals surface area contributed by atoms with Gasteiger partial charge in [0.15, 0.2) is 0 Å². The minimum atomic E-state index is -0.879. The minimum Gasteiger partial charge on any atom is -1.00 e. The summed E-state index contributed by atoms with van der Waals surface area (Å²) in [5.41, 5.74) is 0.331. The maximum atomic E-state index is 10.2. The van der Waals surface area contributed by atoms with E-state index in [9.17, 15) is 4.79 Å². The van der Waals surface area contributed by atoms with Crippen LogP contribution in [0, 0.1) is 0 Å². The van der Waals surface area contributed by atoms with E-state index in [4.69, 9.17) is 5.11 Å². The Labute approximate surface area is 102 Å². The van der Waals surface area contributed by atoms with E-state index < -0.39 is 5.97 Å². The summed E-state index contributed by atoms with van der Waals surface area (Å²) < 4.78 is 0. The number of carbonyl (C=O) groups is 1. The van der Waals surface area contributed by atoms with Crippen LogP contribution < -0.4 is 29.6 Å². The molecule has 0 spiro atoms. The van der Waals surface area contributed by atoms with Crippen molar-refractivity contribution in [3.8, 4) is 0 Å². The quantitative estimate of drug-likeness (QED) is 0.574. The molecule has 50 valence electrons. The fourth-order valence-electron chi connectivity index (χ4n) is 0.581. The van der Waals surface area contributed by atoms with E-state index in [1.807, 2.05) is 0 Å². The average molecular weight is 212 g/mol. The Balaban J connectivity index is -0.000000270. The van der Waals surface area contributed by atoms with Crippen molar-refractivity contribution in [2.24, 2.45) is 0 Å². The zero-order chi connectivity index (χ0) is 6.69. The Morgan fingerprint density at radius 2 is 1.73 bits per heavy atom. The Morgan fingerprint density at radius 3 is 2.00 bits per heavy atom. The number of hydrogen-bond acceptors (Lipinski definition) is 1. The number of hydrogen-bond donors (Lipinski definition) is 1. The number of carboxylic acid groups (broad SMARTS) is 1. The van der Waals surface area contributed by atoms with Crippen molar-refractivity contribution in [1.29, 1.82) is 0 Å². The molecule has 1 aromatic carbocycles. The maximum Gasteiger partial charge on any atom is 1.00 e. The molecule has 0 saturated carbocycles. The van der Waals surface area contributed by atoms with Crippen molar-refractivity contribution in [2.75, 3.05) is 0 Å². The van der Waals surface area contributed by atoms with Crippen LogP contribution in [0.1, 0.15) is 11.8 Å². The van der Waals surface area contributed by atoms with E-state index in [0.717, 1.165) is 0 Å². The number of carboxylic acids is 1. The molecule has 0 amide bonds. The van der Waals surface area contributed by atoms with Gasteiger partial charge in [0.05, 0.1) is 5.56 Å². The van der Waals surface area contributed by atoms with Crippen LogP contribution in [0.3, 0.4) is 0 Å². The van der Waals surface area contributed by atoms with Crippen molar-refractivity contribution >= 4 is 5.97 Å². The normalized spacial score (nSPS) is 7.27. The van der Waals surface area contributed by atoms with Crippen molar-refractivity contribution < 1.29 is 60.4 Å². The first-order valence-corrected chi connectivity index (χ1v) is 2.59. The Morgan fingerprint density at radius 1 is 1.27 bits per heavy atom. The van der Waals surface area contributed by atoms with E-state index in [1.54, 1.807) is 30.3 Å². The molecule has 0 atom stereocenters. The van der Waals surface area contributed by atoms with Gasteiger partial charge in [0.2, 0.25) is 0 Å². The van der Waals surface area contributed by atoms with Gasteiger partial charge in [-0.05, 0) is 12.1 Å². The van der Waals surface area contributed by atoms with E-state index in [2.05, 4.69) is 0 Å². The van der Waals surface area contributed by atoms with Crippen molar-refractivity contribution in [3.05, 3.63) is 35.9 Å². The van der Waals surface area contributed by atoms with Gasteiger partial charge in [-0.25, -0.2) is 4.79 Å². The Bertz CT molecular complexity index is 218. The fraction of sp³-hybridized carbons (Fsp3) is 0. The van der Waals surface area contributed by atoms with Gasteiger partial charge in [-0.1, -0.05) is 18.2 Å². The molecule has 1 aromatic rings. The summed E-state index contributed by atoms with van der Waals surface area (Å²) in [6, 6.07) is 8.30. The monoisotopic (exact) mass is 210 g/mol. The molecule has 0 fully saturated rings. The van der Waals surface area contributed by atoms with Crippen LogP contribution in [0.5, 0.6) is 0 Å². The van der Waals surface area contributed by atoms with Crippen LogP contribution in [0.15, 0.2) is 30.3 Å². The maximum absolute atomic E-state index is 10.2. The van der Waals surface area contributed by atoms with Gasteiger partial charge in [0, 0.05) is 19.5 Å². The summed E-state index contributed by atoms with van der Waals surface area (Å²) in [6.45, 7) is 0. The number of rotatable bonds is 1. The van der Waals surface area contributed by atoms with E-state index >= 15 is 0 Å². The van der Waals surface area contributed by atoms with E-state index in [-0.39, 0.29) is 50.5 Å². The predicted molar refractivity (Wildman–Crippen MR) is 34.5 cm³/mol. The molecule has 0 aromatic heterocycles. The molecule has 0 bridgehead atoms. The third-order valence-electron chi connectivity index (χ3n) is 1.02. The zero-order valence-electron chi connectivity index (χ0n) is 7.45. The second kappa shape index (κ2) is 6.99. The van der Waals surface area contributed by atoms with Crippen LogP contribution in [0.2, 0.25) is 0 Å². The third-order valence-corrected chi connectivity index (χ3v) is 1.02. The Hall–Kier alpha value is 0.313. The second-order valence-electron chi connectivity index (χ2n) is 1.67. The summed E-state index contributed by atoms with van der Waals surface area (Å²) >= 11 is 0. The molecule has 11 heavy (non-hydrogen) atoms.